The highest BCUT2D eigenvalue weighted by Crippen LogP contribution is 2.23. The van der Waals surface area contributed by atoms with Crippen LogP contribution in [0.1, 0.15) is 35.4 Å². The minimum absolute atomic E-state index is 0.156. The van der Waals surface area contributed by atoms with Crippen LogP contribution < -0.4 is 10.1 Å². The van der Waals surface area contributed by atoms with E-state index >= 15 is 0 Å². The van der Waals surface area contributed by atoms with Crippen LogP contribution in [0.4, 0.5) is 5.69 Å². The van der Waals surface area contributed by atoms with Crippen LogP contribution in [0.15, 0.2) is 42.5 Å². The van der Waals surface area contributed by atoms with Crippen molar-refractivity contribution in [3.63, 3.8) is 0 Å². The number of rotatable bonds is 9. The monoisotopic (exact) mass is 469 g/mol. The Hall–Kier alpha value is -3.32. The molecule has 0 atom stereocenters. The molecule has 0 bridgehead atoms. The first-order chi connectivity index (χ1) is 15.7. The van der Waals surface area contributed by atoms with E-state index in [2.05, 4.69) is 10.4 Å². The molecule has 3 aromatic rings. The average molecular weight is 470 g/mol. The zero-order valence-electron chi connectivity index (χ0n) is 19.3. The van der Waals surface area contributed by atoms with Crippen LogP contribution in [0.2, 0.25) is 5.02 Å². The predicted molar refractivity (Wildman–Crippen MR) is 128 cm³/mol. The van der Waals surface area contributed by atoms with Gasteiger partial charge in [0.15, 0.2) is 6.61 Å². The molecule has 0 saturated carbocycles. The van der Waals surface area contributed by atoms with Crippen LogP contribution >= 0.6 is 11.6 Å². The van der Waals surface area contributed by atoms with Gasteiger partial charge in [-0.05, 0) is 70.0 Å². The number of aryl methyl sites for hydroxylation is 3. The molecular formula is C25H28ClN3O4. The lowest BCUT2D eigenvalue weighted by molar-refractivity contribution is -0.147. The van der Waals surface area contributed by atoms with Crippen molar-refractivity contribution in [1.29, 1.82) is 0 Å². The molecule has 33 heavy (non-hydrogen) atoms. The van der Waals surface area contributed by atoms with Crippen molar-refractivity contribution in [2.75, 3.05) is 18.5 Å². The van der Waals surface area contributed by atoms with Gasteiger partial charge in [-0.2, -0.15) is 5.10 Å². The Morgan fingerprint density at radius 1 is 1.06 bits per heavy atom. The van der Waals surface area contributed by atoms with E-state index in [9.17, 15) is 9.59 Å². The van der Waals surface area contributed by atoms with Crippen molar-refractivity contribution in [2.45, 2.75) is 40.5 Å². The van der Waals surface area contributed by atoms with Gasteiger partial charge in [0, 0.05) is 11.4 Å². The van der Waals surface area contributed by atoms with Crippen LogP contribution in [0, 0.1) is 27.7 Å². The third-order valence-electron chi connectivity index (χ3n) is 5.12. The van der Waals surface area contributed by atoms with Gasteiger partial charge in [-0.15, -0.1) is 0 Å². The number of nitrogens with one attached hydrogen (secondary N) is 1. The minimum atomic E-state index is -0.454. The summed E-state index contributed by atoms with van der Waals surface area (Å²) in [6.07, 6.45) is 0.632. The molecular weight excluding hydrogens is 442 g/mol. The summed E-state index contributed by atoms with van der Waals surface area (Å²) < 4.78 is 12.5. The van der Waals surface area contributed by atoms with E-state index in [1.165, 1.54) is 0 Å². The smallest absolute Gasteiger partial charge is 0.306 e. The highest BCUT2D eigenvalue weighted by molar-refractivity contribution is 6.31. The fourth-order valence-corrected chi connectivity index (χ4v) is 3.39. The first-order valence-electron chi connectivity index (χ1n) is 10.7. The summed E-state index contributed by atoms with van der Waals surface area (Å²) in [6, 6.07) is 13.3. The number of hydrogen-bond donors (Lipinski definition) is 1. The van der Waals surface area contributed by atoms with Gasteiger partial charge < -0.3 is 14.8 Å². The highest BCUT2D eigenvalue weighted by Gasteiger charge is 2.16. The molecule has 174 valence electrons. The van der Waals surface area contributed by atoms with E-state index < -0.39 is 11.9 Å². The van der Waals surface area contributed by atoms with Gasteiger partial charge in [-0.3, -0.25) is 9.59 Å². The van der Waals surface area contributed by atoms with Crippen LogP contribution in [-0.2, 0) is 14.3 Å². The number of anilines is 1. The molecule has 2 aromatic carbocycles. The van der Waals surface area contributed by atoms with Crippen LogP contribution in [0.5, 0.6) is 5.75 Å². The van der Waals surface area contributed by atoms with Crippen molar-refractivity contribution in [1.82, 2.24) is 9.78 Å². The van der Waals surface area contributed by atoms with Crippen LogP contribution in [0.3, 0.4) is 0 Å². The molecule has 1 N–H and O–H groups in total. The molecule has 0 saturated heterocycles. The van der Waals surface area contributed by atoms with E-state index in [1.807, 2.05) is 58.0 Å². The SMILES string of the molecule is Cc1ccc(-n2nc(C)c(NC(=O)COC(=O)CCCOc3ccc(Cl)c(C)c3)c2C)cc1. The Kier molecular flexibility index (Phi) is 8.11. The third kappa shape index (κ3) is 6.58. The van der Waals surface area contributed by atoms with E-state index in [0.717, 1.165) is 22.5 Å². The van der Waals surface area contributed by atoms with E-state index in [4.69, 9.17) is 21.1 Å². The number of halogens is 1. The third-order valence-corrected chi connectivity index (χ3v) is 5.55. The van der Waals surface area contributed by atoms with Crippen molar-refractivity contribution < 1.29 is 19.1 Å². The Morgan fingerprint density at radius 2 is 1.79 bits per heavy atom. The number of carbonyl (C=O) groups excluding carboxylic acids is 2. The maximum Gasteiger partial charge on any atom is 0.306 e. The lowest BCUT2D eigenvalue weighted by atomic mass is 10.2. The van der Waals surface area contributed by atoms with Gasteiger partial charge in [0.05, 0.1) is 29.4 Å². The topological polar surface area (TPSA) is 82.5 Å². The molecule has 0 aliphatic heterocycles. The second-order valence-corrected chi connectivity index (χ2v) is 8.27. The summed E-state index contributed by atoms with van der Waals surface area (Å²) in [7, 11) is 0. The minimum Gasteiger partial charge on any atom is -0.494 e. The Balaban J connectivity index is 1.44. The molecule has 0 fully saturated rings. The number of esters is 1. The summed E-state index contributed by atoms with van der Waals surface area (Å²) >= 11 is 5.99. The standard InChI is InChI=1S/C25H28ClN3O4/c1-16-7-9-20(10-8-16)29-19(4)25(18(3)28-29)27-23(30)15-33-24(31)6-5-13-32-21-11-12-22(26)17(2)14-21/h7-12,14H,5-6,13,15H2,1-4H3,(H,27,30). The lowest BCUT2D eigenvalue weighted by Crippen LogP contribution is -2.21. The Bertz CT molecular complexity index is 1140. The number of ether oxygens (including phenoxy) is 2. The molecule has 0 aliphatic rings. The number of carbonyl (C=O) groups is 2. The maximum atomic E-state index is 12.3. The lowest BCUT2D eigenvalue weighted by Gasteiger charge is -2.09. The molecule has 3 rings (SSSR count). The summed E-state index contributed by atoms with van der Waals surface area (Å²) in [4.78, 5) is 24.3. The van der Waals surface area contributed by atoms with Crippen molar-refractivity contribution in [3.05, 3.63) is 70.0 Å². The number of aromatic nitrogens is 2. The normalized spacial score (nSPS) is 10.7. The predicted octanol–water partition coefficient (Wildman–Crippen LogP) is 5.10. The van der Waals surface area contributed by atoms with Gasteiger partial charge in [0.2, 0.25) is 0 Å². The summed E-state index contributed by atoms with van der Waals surface area (Å²) in [5.41, 5.74) is 5.08. The van der Waals surface area contributed by atoms with Crippen LogP contribution in [0.25, 0.3) is 5.69 Å². The number of nitrogens with zero attached hydrogens (tertiary/aromatic N) is 2. The van der Waals surface area contributed by atoms with E-state index in [1.54, 1.807) is 16.8 Å². The van der Waals surface area contributed by atoms with Gasteiger partial charge >= 0.3 is 5.97 Å². The fourth-order valence-electron chi connectivity index (χ4n) is 3.27. The van der Waals surface area contributed by atoms with Gasteiger partial charge in [-0.1, -0.05) is 29.3 Å². The first-order valence-corrected chi connectivity index (χ1v) is 11.1. The second-order valence-electron chi connectivity index (χ2n) is 7.87. The van der Waals surface area contributed by atoms with Crippen molar-refractivity contribution in [2.24, 2.45) is 0 Å². The van der Waals surface area contributed by atoms with Gasteiger partial charge in [0.25, 0.3) is 5.91 Å². The second kappa shape index (κ2) is 11.0. The average Bonchev–Trinajstić information content (AvgIpc) is 3.06. The molecule has 1 aromatic heterocycles. The van der Waals surface area contributed by atoms with Crippen molar-refractivity contribution in [3.8, 4) is 11.4 Å². The number of hydrogen-bond acceptors (Lipinski definition) is 5. The van der Waals surface area contributed by atoms with Gasteiger partial charge in [0.1, 0.15) is 5.75 Å². The zero-order valence-corrected chi connectivity index (χ0v) is 20.0. The fraction of sp³-hybridized carbons (Fsp3) is 0.320. The quantitative estimate of drug-likeness (QED) is 0.348. The summed E-state index contributed by atoms with van der Waals surface area (Å²) in [6.45, 7) is 7.62. The highest BCUT2D eigenvalue weighted by atomic mass is 35.5. The molecule has 7 nitrogen and oxygen atoms in total. The largest absolute Gasteiger partial charge is 0.494 e. The van der Waals surface area contributed by atoms with E-state index in [-0.39, 0.29) is 13.0 Å². The first kappa shape index (κ1) is 24.3. The molecule has 0 radical (unpaired) electrons. The Morgan fingerprint density at radius 3 is 2.48 bits per heavy atom. The number of amides is 1. The molecule has 0 unspecified atom stereocenters. The molecule has 8 heteroatoms. The van der Waals surface area contributed by atoms with Crippen LogP contribution in [-0.4, -0.2) is 34.9 Å². The molecule has 0 spiro atoms. The number of benzene rings is 2. The molecule has 1 heterocycles. The van der Waals surface area contributed by atoms with Crippen molar-refractivity contribution >= 4 is 29.2 Å². The maximum absolute atomic E-state index is 12.3. The zero-order chi connectivity index (χ0) is 24.0. The van der Waals surface area contributed by atoms with Gasteiger partial charge in [-0.25, -0.2) is 4.68 Å². The summed E-state index contributed by atoms with van der Waals surface area (Å²) in [5.74, 6) is -0.169. The Labute approximate surface area is 198 Å². The molecule has 0 aliphatic carbocycles. The summed E-state index contributed by atoms with van der Waals surface area (Å²) in [5, 5.41) is 7.99. The molecule has 1 amide bonds. The van der Waals surface area contributed by atoms with E-state index in [0.29, 0.717) is 35.2 Å².